The molecule has 2 atom stereocenters. The Bertz CT molecular complexity index is 532. The van der Waals surface area contributed by atoms with Gasteiger partial charge in [0, 0.05) is 6.42 Å². The molecule has 0 unspecified atom stereocenters. The SMILES string of the molecule is C[C@H](NC(=O)N[C@@H](CCC(=O)OC(C)(C)C)C(=O)OC(C)(C)C)C(=O)O. The van der Waals surface area contributed by atoms with E-state index in [9.17, 15) is 19.2 Å². The Kier molecular flexibility index (Phi) is 8.56. The maximum Gasteiger partial charge on any atom is 0.329 e. The number of hydrogen-bond donors (Lipinski definition) is 3. The molecule has 0 fully saturated rings. The van der Waals surface area contributed by atoms with Crippen molar-refractivity contribution in [2.45, 2.75) is 84.6 Å². The van der Waals surface area contributed by atoms with Crippen molar-refractivity contribution < 1.29 is 33.8 Å². The molecular formula is C17H30N2O7. The summed E-state index contributed by atoms with van der Waals surface area (Å²) in [7, 11) is 0. The molecule has 0 aromatic rings. The van der Waals surface area contributed by atoms with Gasteiger partial charge in [-0.15, -0.1) is 0 Å². The van der Waals surface area contributed by atoms with E-state index in [1.165, 1.54) is 6.92 Å². The molecule has 0 bridgehead atoms. The zero-order valence-electron chi connectivity index (χ0n) is 16.5. The van der Waals surface area contributed by atoms with Gasteiger partial charge in [-0.2, -0.15) is 0 Å². The molecule has 0 aromatic carbocycles. The minimum Gasteiger partial charge on any atom is -0.480 e. The van der Waals surface area contributed by atoms with Gasteiger partial charge in [0.15, 0.2) is 0 Å². The normalized spacial score (nSPS) is 14.0. The molecule has 3 N–H and O–H groups in total. The van der Waals surface area contributed by atoms with Crippen LogP contribution in [0.3, 0.4) is 0 Å². The number of carboxylic acid groups (broad SMARTS) is 1. The first-order chi connectivity index (χ1) is 11.6. The van der Waals surface area contributed by atoms with E-state index in [1.54, 1.807) is 41.5 Å². The second-order valence-corrected chi connectivity index (χ2v) is 7.89. The first kappa shape index (κ1) is 23.7. The van der Waals surface area contributed by atoms with E-state index in [1.807, 2.05) is 0 Å². The summed E-state index contributed by atoms with van der Waals surface area (Å²) in [5.41, 5.74) is -1.45. The highest BCUT2D eigenvalue weighted by molar-refractivity contribution is 5.86. The average molecular weight is 374 g/mol. The maximum absolute atomic E-state index is 12.3. The van der Waals surface area contributed by atoms with E-state index in [0.717, 1.165) is 0 Å². The summed E-state index contributed by atoms with van der Waals surface area (Å²) in [4.78, 5) is 46.8. The van der Waals surface area contributed by atoms with Gasteiger partial charge in [-0.25, -0.2) is 9.59 Å². The molecule has 0 aliphatic rings. The van der Waals surface area contributed by atoms with Crippen molar-refractivity contribution in [1.82, 2.24) is 10.6 Å². The lowest BCUT2D eigenvalue weighted by atomic mass is 10.1. The van der Waals surface area contributed by atoms with Crippen LogP contribution in [0.5, 0.6) is 0 Å². The van der Waals surface area contributed by atoms with Crippen LogP contribution >= 0.6 is 0 Å². The number of carbonyl (C=O) groups excluding carboxylic acids is 3. The van der Waals surface area contributed by atoms with Crippen molar-refractivity contribution in [3.63, 3.8) is 0 Å². The van der Waals surface area contributed by atoms with Gasteiger partial charge in [0.2, 0.25) is 0 Å². The van der Waals surface area contributed by atoms with Gasteiger partial charge in [0.05, 0.1) is 0 Å². The smallest absolute Gasteiger partial charge is 0.329 e. The summed E-state index contributed by atoms with van der Waals surface area (Å²) < 4.78 is 10.4. The Balaban J connectivity index is 4.95. The maximum atomic E-state index is 12.3. The summed E-state index contributed by atoms with van der Waals surface area (Å²) in [5.74, 6) is -2.46. The zero-order valence-corrected chi connectivity index (χ0v) is 16.5. The van der Waals surface area contributed by atoms with Crippen molar-refractivity contribution >= 4 is 23.9 Å². The van der Waals surface area contributed by atoms with Gasteiger partial charge in [-0.3, -0.25) is 9.59 Å². The van der Waals surface area contributed by atoms with E-state index in [0.29, 0.717) is 0 Å². The van der Waals surface area contributed by atoms with Crippen molar-refractivity contribution in [2.75, 3.05) is 0 Å². The standard InChI is InChI=1S/C17H30N2O7/c1-10(13(21)22)18-15(24)19-11(14(23)26-17(5,6)7)8-9-12(20)25-16(2,3)4/h10-11H,8-9H2,1-7H3,(H,21,22)(H2,18,19,24)/t10-,11-/m0/s1. The lowest BCUT2D eigenvalue weighted by molar-refractivity contribution is -0.158. The summed E-state index contributed by atoms with van der Waals surface area (Å²) >= 11 is 0. The number of nitrogens with one attached hydrogen (secondary N) is 2. The highest BCUT2D eigenvalue weighted by Crippen LogP contribution is 2.13. The fourth-order valence-electron chi connectivity index (χ4n) is 1.73. The molecule has 0 radical (unpaired) electrons. The fourth-order valence-corrected chi connectivity index (χ4v) is 1.73. The molecule has 0 rings (SSSR count). The summed E-state index contributed by atoms with van der Waals surface area (Å²) in [6, 6.07) is -3.11. The highest BCUT2D eigenvalue weighted by atomic mass is 16.6. The van der Waals surface area contributed by atoms with Crippen molar-refractivity contribution in [3.05, 3.63) is 0 Å². The summed E-state index contributed by atoms with van der Waals surface area (Å²) in [5, 5.41) is 13.3. The Morgan fingerprint density at radius 1 is 0.923 bits per heavy atom. The molecule has 0 heterocycles. The van der Waals surface area contributed by atoms with Crippen LogP contribution in [0, 0.1) is 0 Å². The third kappa shape index (κ3) is 11.3. The summed E-state index contributed by atoms with van der Waals surface area (Å²) in [6.45, 7) is 11.4. The van der Waals surface area contributed by atoms with Crippen LogP contribution in [-0.4, -0.2) is 52.3 Å². The number of urea groups is 1. The number of amides is 2. The number of carboxylic acids is 1. The number of rotatable bonds is 7. The number of carbonyl (C=O) groups is 4. The molecule has 0 saturated heterocycles. The van der Waals surface area contributed by atoms with Crippen molar-refractivity contribution in [2.24, 2.45) is 0 Å². The van der Waals surface area contributed by atoms with Gasteiger partial charge in [-0.05, 0) is 54.9 Å². The van der Waals surface area contributed by atoms with Crippen LogP contribution in [0.25, 0.3) is 0 Å². The molecule has 26 heavy (non-hydrogen) atoms. The van der Waals surface area contributed by atoms with Crippen LogP contribution in [0.1, 0.15) is 61.3 Å². The predicted octanol–water partition coefficient (Wildman–Crippen LogP) is 1.59. The predicted molar refractivity (Wildman–Crippen MR) is 93.5 cm³/mol. The molecule has 0 saturated carbocycles. The van der Waals surface area contributed by atoms with Crippen molar-refractivity contribution in [3.8, 4) is 0 Å². The average Bonchev–Trinajstić information content (AvgIpc) is 2.39. The van der Waals surface area contributed by atoms with E-state index in [4.69, 9.17) is 14.6 Å². The Labute approximate surface area is 153 Å². The number of ether oxygens (including phenoxy) is 2. The molecule has 9 nitrogen and oxygen atoms in total. The molecule has 9 heteroatoms. The van der Waals surface area contributed by atoms with Crippen LogP contribution in [0.2, 0.25) is 0 Å². The van der Waals surface area contributed by atoms with Gasteiger partial charge in [-0.1, -0.05) is 0 Å². The quantitative estimate of drug-likeness (QED) is 0.577. The Hall–Kier alpha value is -2.32. The third-order valence-electron chi connectivity index (χ3n) is 2.77. The monoisotopic (exact) mass is 374 g/mol. The van der Waals surface area contributed by atoms with Gasteiger partial charge < -0.3 is 25.2 Å². The second kappa shape index (κ2) is 9.40. The van der Waals surface area contributed by atoms with Crippen LogP contribution < -0.4 is 10.6 Å². The first-order valence-corrected chi connectivity index (χ1v) is 8.35. The van der Waals surface area contributed by atoms with Crippen molar-refractivity contribution in [1.29, 1.82) is 0 Å². The molecule has 0 aliphatic heterocycles. The lowest BCUT2D eigenvalue weighted by Gasteiger charge is -2.25. The lowest BCUT2D eigenvalue weighted by Crippen LogP contribution is -2.51. The number of aliphatic carboxylic acids is 1. The van der Waals surface area contributed by atoms with Gasteiger partial charge in [0.25, 0.3) is 0 Å². The molecule has 0 spiro atoms. The largest absolute Gasteiger partial charge is 0.480 e. The third-order valence-corrected chi connectivity index (χ3v) is 2.77. The van der Waals surface area contributed by atoms with E-state index in [-0.39, 0.29) is 12.8 Å². The Morgan fingerprint density at radius 3 is 1.85 bits per heavy atom. The van der Waals surface area contributed by atoms with E-state index < -0.39 is 47.2 Å². The minimum absolute atomic E-state index is 0.0430. The van der Waals surface area contributed by atoms with Crippen LogP contribution in [0.15, 0.2) is 0 Å². The van der Waals surface area contributed by atoms with Gasteiger partial charge in [0.1, 0.15) is 23.3 Å². The molecule has 2 amide bonds. The zero-order chi connectivity index (χ0) is 20.7. The number of esters is 2. The fraction of sp³-hybridized carbons (Fsp3) is 0.765. The van der Waals surface area contributed by atoms with Crippen LogP contribution in [0.4, 0.5) is 4.79 Å². The molecule has 0 aliphatic carbocycles. The first-order valence-electron chi connectivity index (χ1n) is 8.35. The molecule has 150 valence electrons. The van der Waals surface area contributed by atoms with E-state index in [2.05, 4.69) is 10.6 Å². The van der Waals surface area contributed by atoms with Gasteiger partial charge >= 0.3 is 23.9 Å². The Morgan fingerprint density at radius 2 is 1.42 bits per heavy atom. The molecule has 0 aromatic heterocycles. The minimum atomic E-state index is -1.22. The summed E-state index contributed by atoms with van der Waals surface area (Å²) in [6.07, 6.45) is -0.158. The van der Waals surface area contributed by atoms with Crippen LogP contribution in [-0.2, 0) is 23.9 Å². The second-order valence-electron chi connectivity index (χ2n) is 7.89. The number of hydrogen-bond acceptors (Lipinski definition) is 6. The van der Waals surface area contributed by atoms with E-state index >= 15 is 0 Å². The topological polar surface area (TPSA) is 131 Å². The molecular weight excluding hydrogens is 344 g/mol. The highest BCUT2D eigenvalue weighted by Gasteiger charge is 2.29.